The quantitative estimate of drug-likeness (QED) is 0.0126. The van der Waals surface area contributed by atoms with Gasteiger partial charge in [-0.05, 0) is 79.2 Å². The Morgan fingerprint density at radius 2 is 0.657 bits per heavy atom. The second-order valence-corrected chi connectivity index (χ2v) is 36.9. The summed E-state index contributed by atoms with van der Waals surface area (Å²) < 4.78 is 133. The molecule has 0 aliphatic heterocycles. The van der Waals surface area contributed by atoms with Crippen molar-refractivity contribution in [2.45, 2.75) is 44.0 Å². The highest BCUT2D eigenvalue weighted by Crippen LogP contribution is 2.43. The van der Waals surface area contributed by atoms with Crippen LogP contribution >= 0.6 is 132 Å². The van der Waals surface area contributed by atoms with E-state index in [2.05, 4.69) is 88.6 Å². The van der Waals surface area contributed by atoms with E-state index in [4.69, 9.17) is 52.5 Å². The fourth-order valence-corrected chi connectivity index (χ4v) is 20.3. The SMILES string of the molecule is COc1ccc(C(=O)CCC(=O)c2coc(-c3csc4c(F)cccc34)n2)cc1OC.COc1ccc(C(=O)CCC(O)c2coc(-c3csc4c(F)cccc34)n2)cc1OC.NC(=O)c1csc2c(F)cccc12.NCC(O)c1coc(-c2csc3c(F)cccc23)n1.O=C(CBr)C(=O)CBr.O=C(CBr)c1coc(-c2csc3c(F)cccc23)n1.OC(CBr)c1coc(-c2csc3c(F)cccc23)n1. The summed E-state index contributed by atoms with van der Waals surface area (Å²) in [7, 11) is 6.03. The largest absolute Gasteiger partial charge is 0.493 e. The van der Waals surface area contributed by atoms with Gasteiger partial charge < -0.3 is 67.8 Å². The number of hydrogen-bond donors (Lipinski definition) is 5. The average Bonchev–Trinajstić information content (AvgIpc) is 1.65. The van der Waals surface area contributed by atoms with E-state index in [0.29, 0.717) is 147 Å². The van der Waals surface area contributed by atoms with E-state index in [1.165, 1.54) is 164 Å². The third kappa shape index (κ3) is 24.8. The Labute approximate surface area is 848 Å². The Morgan fingerprint density at radius 3 is 0.986 bits per heavy atom. The number of aliphatic hydroxyl groups excluding tert-OH is 3. The third-order valence-electron chi connectivity index (χ3n) is 20.6. The zero-order valence-corrected chi connectivity index (χ0v) is 84.5. The van der Waals surface area contributed by atoms with Crippen LogP contribution in [0.4, 0.5) is 26.3 Å². The molecule has 7 N–H and O–H groups in total. The molecule has 8 aromatic carbocycles. The maximum Gasteiger partial charge on any atom is 0.250 e. The number of Topliss-reactive ketones (excluding diaryl/α,β-unsaturated/α-hetero) is 6. The molecule has 19 aromatic rings. The number of carbonyl (C=O) groups is 7. The van der Waals surface area contributed by atoms with Crippen molar-refractivity contribution in [1.29, 1.82) is 0 Å². The number of halogens is 10. The first kappa shape index (κ1) is 105. The van der Waals surface area contributed by atoms with Crippen LogP contribution in [0.25, 0.3) is 118 Å². The van der Waals surface area contributed by atoms with Crippen molar-refractivity contribution in [2.24, 2.45) is 11.5 Å². The van der Waals surface area contributed by atoms with Crippen molar-refractivity contribution in [3.63, 3.8) is 0 Å². The Kier molecular flexibility index (Phi) is 36.8. The first-order chi connectivity index (χ1) is 67.5. The molecule has 722 valence electrons. The lowest BCUT2D eigenvalue weighted by atomic mass is 10.0. The van der Waals surface area contributed by atoms with Crippen LogP contribution in [0.1, 0.15) is 113 Å². The topological polar surface area (TPSA) is 399 Å². The molecule has 140 heavy (non-hydrogen) atoms. The molecular formula is C98H75Br4F6N7O19S6. The molecule has 0 aliphatic carbocycles. The minimum atomic E-state index is -0.969. The first-order valence-corrected chi connectivity index (χ1v) is 51.0. The van der Waals surface area contributed by atoms with Crippen LogP contribution in [0.5, 0.6) is 23.0 Å². The van der Waals surface area contributed by atoms with Gasteiger partial charge in [-0.15, -0.1) is 68.0 Å². The molecule has 0 saturated carbocycles. The molecule has 0 spiro atoms. The molecule has 42 heteroatoms. The van der Waals surface area contributed by atoms with E-state index in [0.717, 1.165) is 27.3 Å². The van der Waals surface area contributed by atoms with Gasteiger partial charge in [-0.3, -0.25) is 33.6 Å². The molecule has 26 nitrogen and oxygen atoms in total. The van der Waals surface area contributed by atoms with Gasteiger partial charge in [0.15, 0.2) is 46.1 Å². The van der Waals surface area contributed by atoms with E-state index in [1.54, 1.807) is 124 Å². The highest BCUT2D eigenvalue weighted by molar-refractivity contribution is 9.10. The lowest BCUT2D eigenvalue weighted by molar-refractivity contribution is -0.133. The summed E-state index contributed by atoms with van der Waals surface area (Å²) in [5.74, 6) is -0.182. The third-order valence-corrected chi connectivity index (χ3v) is 28.7. The fraction of sp³-hybridized carbons (Fsp3) is 0.163. The number of amides is 1. The monoisotopic (exact) mass is 2280 g/mol. The number of thiophene rings is 6. The van der Waals surface area contributed by atoms with Crippen LogP contribution in [0.15, 0.2) is 231 Å². The van der Waals surface area contributed by atoms with E-state index in [1.807, 2.05) is 17.5 Å². The van der Waals surface area contributed by atoms with Gasteiger partial charge in [-0.1, -0.05) is 137 Å². The first-order valence-electron chi connectivity index (χ1n) is 41.2. The van der Waals surface area contributed by atoms with Gasteiger partial charge in [-0.2, -0.15) is 0 Å². The van der Waals surface area contributed by atoms with E-state index >= 15 is 0 Å². The molecule has 0 bridgehead atoms. The number of benzene rings is 8. The number of ether oxygens (including phenoxy) is 4. The number of carbonyl (C=O) groups excluding carboxylic acids is 7. The summed E-state index contributed by atoms with van der Waals surface area (Å²) in [5, 5.41) is 45.3. The molecule has 1 amide bonds. The van der Waals surface area contributed by atoms with Crippen LogP contribution in [-0.4, -0.2) is 137 Å². The Bertz CT molecular complexity index is 7540. The van der Waals surface area contributed by atoms with Crippen molar-refractivity contribution in [3.05, 3.63) is 289 Å². The normalized spacial score (nSPS) is 11.6. The Morgan fingerprint density at radius 1 is 0.357 bits per heavy atom. The number of primary amides is 1. The number of aliphatic hydroxyl groups is 3. The van der Waals surface area contributed by atoms with Gasteiger partial charge in [0.05, 0.1) is 112 Å². The maximum absolute atomic E-state index is 13.9. The van der Waals surface area contributed by atoms with Gasteiger partial charge in [0.25, 0.3) is 0 Å². The molecule has 11 aromatic heterocycles. The standard InChI is InChI=1S/C23H20FNO5S.C23H18FNO5S.C13H9BrFNO2S.C13H7BrFNO2S.C13H11FN2O2S.C9H6FNOS.C4H4Br2O2/c2*1-28-20-9-6-13(10-21(20)29-2)18(26)7-8-19(27)17-11-30-23(25-17)15-12-31-22-14(15)4-3-5-16(22)24;2*14-4-11(17)10-5-18-13(16-10)8-6-19-12-7(8)2-1-3-9(12)15;14-9-3-1-2-7-8(6-19-12(7)9)13-16-10(5-18-13)11(17)4-15;10-7-3-1-2-5-6(9(11)12)4-13-8(5)7;5-1-3(7)4(8)2-6/h3-6,9-12,19,27H,7-8H2,1-2H3;3-6,9-12H,7-8H2,1-2H3;1-3,5-6,11,17H,4H2;1-3,5-6H,4H2;1-3,5-6,11,17H,4,15H2;1-4H,(H2,11,12);1-2H2. The second-order valence-electron chi connectivity index (χ2n) is 29.3. The number of fused-ring (bicyclic) bond motifs is 6. The number of oxazole rings is 5. The van der Waals surface area contributed by atoms with E-state index in [-0.39, 0.29) is 135 Å². The zero-order valence-electron chi connectivity index (χ0n) is 73.3. The van der Waals surface area contributed by atoms with Crippen molar-refractivity contribution >= 4 is 233 Å². The molecule has 0 saturated heterocycles. The molecule has 3 atom stereocenters. The summed E-state index contributed by atoms with van der Waals surface area (Å²) in [4.78, 5) is 102. The average molecular weight is 2280 g/mol. The minimum Gasteiger partial charge on any atom is -0.493 e. The highest BCUT2D eigenvalue weighted by Gasteiger charge is 2.26. The Hall–Kier alpha value is -12.4. The fourth-order valence-electron chi connectivity index (χ4n) is 13.4. The predicted molar refractivity (Wildman–Crippen MR) is 541 cm³/mol. The summed E-state index contributed by atoms with van der Waals surface area (Å²) in [6, 6.07) is 38.7. The lowest BCUT2D eigenvalue weighted by Crippen LogP contribution is -2.15. The van der Waals surface area contributed by atoms with Crippen LogP contribution in [-0.2, 0) is 9.59 Å². The number of nitrogens with two attached hydrogens (primary N) is 2. The molecule has 19 rings (SSSR count). The van der Waals surface area contributed by atoms with Crippen molar-refractivity contribution in [2.75, 3.05) is 56.3 Å². The minimum absolute atomic E-state index is 0.0157. The van der Waals surface area contributed by atoms with Crippen LogP contribution < -0.4 is 30.4 Å². The molecule has 11 heterocycles. The number of methoxy groups -OCH3 is 4. The van der Waals surface area contributed by atoms with E-state index in [9.17, 15) is 75.2 Å². The molecule has 0 aliphatic rings. The molecule has 0 fully saturated rings. The summed E-state index contributed by atoms with van der Waals surface area (Å²) in [5.41, 5.74) is 16.8. The van der Waals surface area contributed by atoms with Crippen molar-refractivity contribution in [3.8, 4) is 80.3 Å². The van der Waals surface area contributed by atoms with Crippen LogP contribution in [0.3, 0.4) is 0 Å². The Balaban J connectivity index is 0.000000142. The van der Waals surface area contributed by atoms with Gasteiger partial charge >= 0.3 is 0 Å². The van der Waals surface area contributed by atoms with Gasteiger partial charge in [0, 0.05) is 107 Å². The number of hydrogen-bond acceptors (Lipinski definition) is 31. The number of ketones is 6. The summed E-state index contributed by atoms with van der Waals surface area (Å²) in [6.45, 7) is 0.0744. The number of alkyl halides is 4. The lowest BCUT2D eigenvalue weighted by Gasteiger charge is -2.10. The van der Waals surface area contributed by atoms with E-state index < -0.39 is 24.2 Å². The molecular weight excluding hydrogens is 2210 g/mol. The van der Waals surface area contributed by atoms with Crippen molar-refractivity contribution in [1.82, 2.24) is 24.9 Å². The van der Waals surface area contributed by atoms with Gasteiger partial charge in [-0.25, -0.2) is 51.3 Å². The predicted octanol–water partition coefficient (Wildman–Crippen LogP) is 25.1. The smallest absolute Gasteiger partial charge is 0.250 e. The van der Waals surface area contributed by atoms with Crippen molar-refractivity contribution < 1.29 is 116 Å². The second kappa shape index (κ2) is 49.1. The van der Waals surface area contributed by atoms with Gasteiger partial charge in [0.1, 0.15) is 107 Å². The number of rotatable bonds is 29. The summed E-state index contributed by atoms with van der Waals surface area (Å²) in [6.07, 6.45) is 4.51. The highest BCUT2D eigenvalue weighted by atomic mass is 79.9. The van der Waals surface area contributed by atoms with Crippen LogP contribution in [0, 0.1) is 34.9 Å². The zero-order chi connectivity index (χ0) is 100. The number of aromatic nitrogens is 5. The summed E-state index contributed by atoms with van der Waals surface area (Å²) >= 11 is 19.6. The van der Waals surface area contributed by atoms with Crippen LogP contribution in [0.2, 0.25) is 0 Å². The molecule has 0 radical (unpaired) electrons. The van der Waals surface area contributed by atoms with Gasteiger partial charge in [0.2, 0.25) is 46.9 Å². The number of nitrogens with zero attached hydrogens (tertiary/aromatic N) is 5. The maximum atomic E-state index is 13.9. The molecule has 3 unspecified atom stereocenters.